The maximum Gasteiger partial charge on any atom is 0.251 e. The van der Waals surface area contributed by atoms with Gasteiger partial charge in [-0.2, -0.15) is 0 Å². The van der Waals surface area contributed by atoms with E-state index in [0.29, 0.717) is 28.8 Å². The summed E-state index contributed by atoms with van der Waals surface area (Å²) in [5, 5.41) is 3.38. The van der Waals surface area contributed by atoms with E-state index in [-0.39, 0.29) is 5.91 Å². The van der Waals surface area contributed by atoms with Gasteiger partial charge in [0.15, 0.2) is 5.89 Å². The summed E-state index contributed by atoms with van der Waals surface area (Å²) in [6, 6.07) is 6.72. The Morgan fingerprint density at radius 2 is 2.00 bits per heavy atom. The Morgan fingerprint density at radius 3 is 2.56 bits per heavy atom. The van der Waals surface area contributed by atoms with Gasteiger partial charge in [-0.15, -0.1) is 0 Å². The van der Waals surface area contributed by atoms with Crippen LogP contribution >= 0.6 is 11.6 Å². The lowest BCUT2D eigenvalue weighted by molar-refractivity contribution is 0.0948. The molecule has 0 bridgehead atoms. The summed E-state index contributed by atoms with van der Waals surface area (Å²) < 4.78 is 5.37. The lowest BCUT2D eigenvalue weighted by Gasteiger charge is -2.03. The number of nitrogens with zero attached hydrogens (tertiary/aromatic N) is 1. The average Bonchev–Trinajstić information content (AvgIpc) is 2.66. The molecule has 0 unspecified atom stereocenters. The standard InChI is InChI=1S/C13H13ClN2O2/c1-8-12(18-9(2)16-8)7-15-13(17)10-3-5-11(14)6-4-10/h3-6H,7H2,1-2H3,(H,15,17). The van der Waals surface area contributed by atoms with Crippen LogP contribution in [0.3, 0.4) is 0 Å². The number of benzene rings is 1. The molecule has 0 saturated heterocycles. The van der Waals surface area contributed by atoms with E-state index in [1.807, 2.05) is 6.92 Å². The number of carbonyl (C=O) groups excluding carboxylic acids is 1. The summed E-state index contributed by atoms with van der Waals surface area (Å²) >= 11 is 5.76. The first-order valence-electron chi connectivity index (χ1n) is 5.53. The lowest BCUT2D eigenvalue weighted by atomic mass is 10.2. The minimum Gasteiger partial charge on any atom is -0.444 e. The molecule has 0 atom stereocenters. The number of aromatic nitrogens is 1. The molecule has 94 valence electrons. The summed E-state index contributed by atoms with van der Waals surface area (Å²) in [5.74, 6) is 1.11. The molecule has 1 aromatic carbocycles. The molecule has 0 radical (unpaired) electrons. The third kappa shape index (κ3) is 2.90. The van der Waals surface area contributed by atoms with Crippen molar-refractivity contribution in [3.63, 3.8) is 0 Å². The van der Waals surface area contributed by atoms with Crippen LogP contribution in [0, 0.1) is 13.8 Å². The van der Waals surface area contributed by atoms with Gasteiger partial charge in [0, 0.05) is 17.5 Å². The van der Waals surface area contributed by atoms with Gasteiger partial charge >= 0.3 is 0 Å². The van der Waals surface area contributed by atoms with Crippen molar-refractivity contribution in [1.82, 2.24) is 10.3 Å². The van der Waals surface area contributed by atoms with Crippen LogP contribution < -0.4 is 5.32 Å². The van der Waals surface area contributed by atoms with Gasteiger partial charge in [0.1, 0.15) is 5.76 Å². The molecule has 1 aromatic heterocycles. The van der Waals surface area contributed by atoms with Gasteiger partial charge in [0.05, 0.1) is 12.2 Å². The van der Waals surface area contributed by atoms with Gasteiger partial charge < -0.3 is 9.73 Å². The monoisotopic (exact) mass is 264 g/mol. The highest BCUT2D eigenvalue weighted by Gasteiger charge is 2.09. The van der Waals surface area contributed by atoms with E-state index in [1.54, 1.807) is 31.2 Å². The molecule has 0 fully saturated rings. The zero-order valence-electron chi connectivity index (χ0n) is 10.2. The van der Waals surface area contributed by atoms with Crippen LogP contribution in [-0.4, -0.2) is 10.9 Å². The fourth-order valence-corrected chi connectivity index (χ4v) is 1.73. The number of halogens is 1. The normalized spacial score (nSPS) is 10.4. The number of amides is 1. The summed E-state index contributed by atoms with van der Waals surface area (Å²) in [5.41, 5.74) is 1.36. The molecule has 18 heavy (non-hydrogen) atoms. The van der Waals surface area contributed by atoms with E-state index >= 15 is 0 Å². The Kier molecular flexibility index (Phi) is 3.67. The van der Waals surface area contributed by atoms with Crippen LogP contribution in [-0.2, 0) is 6.54 Å². The van der Waals surface area contributed by atoms with Gasteiger partial charge in [0.25, 0.3) is 5.91 Å². The van der Waals surface area contributed by atoms with Gasteiger partial charge in [-0.1, -0.05) is 11.6 Å². The quantitative estimate of drug-likeness (QED) is 0.927. The Morgan fingerprint density at radius 1 is 1.33 bits per heavy atom. The van der Waals surface area contributed by atoms with Crippen LogP contribution in [0.5, 0.6) is 0 Å². The first-order valence-corrected chi connectivity index (χ1v) is 5.91. The second kappa shape index (κ2) is 5.23. The third-order valence-corrected chi connectivity index (χ3v) is 2.77. The topological polar surface area (TPSA) is 55.1 Å². The summed E-state index contributed by atoms with van der Waals surface area (Å²) in [6.45, 7) is 3.95. The molecule has 0 aliphatic carbocycles. The van der Waals surface area contributed by atoms with Crippen molar-refractivity contribution in [3.05, 3.63) is 52.2 Å². The Labute approximate surface area is 110 Å². The maximum atomic E-state index is 11.8. The molecular weight excluding hydrogens is 252 g/mol. The van der Waals surface area contributed by atoms with E-state index in [1.165, 1.54) is 0 Å². The molecule has 1 amide bonds. The number of nitrogens with one attached hydrogen (secondary N) is 1. The molecule has 2 rings (SSSR count). The van der Waals surface area contributed by atoms with Crippen molar-refractivity contribution in [2.75, 3.05) is 0 Å². The van der Waals surface area contributed by atoms with E-state index in [9.17, 15) is 4.79 Å². The number of hydrogen-bond donors (Lipinski definition) is 1. The second-order valence-corrected chi connectivity index (χ2v) is 4.37. The molecule has 1 N–H and O–H groups in total. The number of rotatable bonds is 3. The summed E-state index contributed by atoms with van der Waals surface area (Å²) in [6.07, 6.45) is 0. The highest BCUT2D eigenvalue weighted by molar-refractivity contribution is 6.30. The van der Waals surface area contributed by atoms with E-state index in [2.05, 4.69) is 10.3 Å². The largest absolute Gasteiger partial charge is 0.444 e. The van der Waals surface area contributed by atoms with Gasteiger partial charge in [-0.25, -0.2) is 4.98 Å². The number of hydrogen-bond acceptors (Lipinski definition) is 3. The Bertz CT molecular complexity index is 561. The van der Waals surface area contributed by atoms with Crippen LogP contribution in [0.4, 0.5) is 0 Å². The van der Waals surface area contributed by atoms with Crippen molar-refractivity contribution < 1.29 is 9.21 Å². The van der Waals surface area contributed by atoms with Gasteiger partial charge in [0.2, 0.25) is 0 Å². The first-order chi connectivity index (χ1) is 8.56. The Hall–Kier alpha value is -1.81. The van der Waals surface area contributed by atoms with Crippen molar-refractivity contribution >= 4 is 17.5 Å². The van der Waals surface area contributed by atoms with Crippen LogP contribution in [0.25, 0.3) is 0 Å². The van der Waals surface area contributed by atoms with Gasteiger partial charge in [-0.05, 0) is 31.2 Å². The van der Waals surface area contributed by atoms with Crippen LogP contribution in [0.2, 0.25) is 5.02 Å². The van der Waals surface area contributed by atoms with E-state index < -0.39 is 0 Å². The van der Waals surface area contributed by atoms with Crippen molar-refractivity contribution in [2.45, 2.75) is 20.4 Å². The highest BCUT2D eigenvalue weighted by Crippen LogP contribution is 2.11. The number of carbonyl (C=O) groups is 1. The fraction of sp³-hybridized carbons (Fsp3) is 0.231. The molecule has 0 saturated carbocycles. The number of aryl methyl sites for hydroxylation is 2. The first kappa shape index (κ1) is 12.6. The highest BCUT2D eigenvalue weighted by atomic mass is 35.5. The molecule has 0 aliphatic rings. The van der Waals surface area contributed by atoms with E-state index in [4.69, 9.17) is 16.0 Å². The smallest absolute Gasteiger partial charge is 0.251 e. The average molecular weight is 265 g/mol. The third-order valence-electron chi connectivity index (χ3n) is 2.52. The fourth-order valence-electron chi connectivity index (χ4n) is 1.60. The predicted octanol–water partition coefficient (Wildman–Crippen LogP) is 2.87. The van der Waals surface area contributed by atoms with Crippen molar-refractivity contribution in [3.8, 4) is 0 Å². The Balaban J connectivity index is 2.00. The van der Waals surface area contributed by atoms with Crippen LogP contribution in [0.15, 0.2) is 28.7 Å². The zero-order chi connectivity index (χ0) is 13.1. The number of oxazole rings is 1. The molecule has 1 heterocycles. The molecule has 0 spiro atoms. The minimum absolute atomic E-state index is 0.167. The SMILES string of the molecule is Cc1nc(C)c(CNC(=O)c2ccc(Cl)cc2)o1. The molecule has 0 aliphatic heterocycles. The molecule has 4 nitrogen and oxygen atoms in total. The summed E-state index contributed by atoms with van der Waals surface area (Å²) in [7, 11) is 0. The molecular formula is C13H13ClN2O2. The van der Waals surface area contributed by atoms with Crippen LogP contribution in [0.1, 0.15) is 27.7 Å². The van der Waals surface area contributed by atoms with Crippen molar-refractivity contribution in [1.29, 1.82) is 0 Å². The lowest BCUT2D eigenvalue weighted by Crippen LogP contribution is -2.22. The van der Waals surface area contributed by atoms with E-state index in [0.717, 1.165) is 5.69 Å². The second-order valence-electron chi connectivity index (χ2n) is 3.93. The zero-order valence-corrected chi connectivity index (χ0v) is 10.9. The molecule has 5 heteroatoms. The molecule has 2 aromatic rings. The summed E-state index contributed by atoms with van der Waals surface area (Å²) in [4.78, 5) is 16.0. The maximum absolute atomic E-state index is 11.8. The minimum atomic E-state index is -0.167. The predicted molar refractivity (Wildman–Crippen MR) is 68.6 cm³/mol. The van der Waals surface area contributed by atoms with Crippen molar-refractivity contribution in [2.24, 2.45) is 0 Å². The van der Waals surface area contributed by atoms with Gasteiger partial charge in [-0.3, -0.25) is 4.79 Å².